The van der Waals surface area contributed by atoms with E-state index in [-0.39, 0.29) is 25.1 Å². The Morgan fingerprint density at radius 2 is 2.11 bits per heavy atom. The van der Waals surface area contributed by atoms with E-state index in [1.54, 1.807) is 4.90 Å². The molecule has 0 atom stereocenters. The number of hydrogen-bond acceptors (Lipinski definition) is 4. The smallest absolute Gasteiger partial charge is 0.265 e. The van der Waals surface area contributed by atoms with Gasteiger partial charge in [0.15, 0.2) is 0 Å². The summed E-state index contributed by atoms with van der Waals surface area (Å²) in [7, 11) is 0. The van der Waals surface area contributed by atoms with Crippen molar-refractivity contribution >= 4 is 5.91 Å². The number of H-pyrrole nitrogens is 1. The molecule has 7 nitrogen and oxygen atoms in total. The second-order valence-corrected chi connectivity index (χ2v) is 4.49. The van der Waals surface area contributed by atoms with Gasteiger partial charge in [0, 0.05) is 31.3 Å². The van der Waals surface area contributed by atoms with Gasteiger partial charge in [-0.05, 0) is 20.3 Å². The Morgan fingerprint density at radius 3 is 2.68 bits per heavy atom. The molecule has 0 spiro atoms. The van der Waals surface area contributed by atoms with Crippen LogP contribution in [0.4, 0.5) is 0 Å². The van der Waals surface area contributed by atoms with Crippen LogP contribution in [0.5, 0.6) is 0 Å². The monoisotopic (exact) mass is 269 g/mol. The third-order valence-corrected chi connectivity index (χ3v) is 2.68. The number of amides is 1. The van der Waals surface area contributed by atoms with Crippen LogP contribution in [-0.2, 0) is 11.3 Å². The molecule has 2 N–H and O–H groups in total. The van der Waals surface area contributed by atoms with Gasteiger partial charge in [0.2, 0.25) is 5.91 Å². The Balaban J connectivity index is 2.84. The zero-order chi connectivity index (χ0) is 14.4. The number of aromatic amines is 1. The Morgan fingerprint density at radius 1 is 1.42 bits per heavy atom. The van der Waals surface area contributed by atoms with Gasteiger partial charge in [-0.3, -0.25) is 19.5 Å². The lowest BCUT2D eigenvalue weighted by Gasteiger charge is -2.26. The Kier molecular flexibility index (Phi) is 5.50. The predicted octanol–water partition coefficient (Wildman–Crippen LogP) is -0.844. The summed E-state index contributed by atoms with van der Waals surface area (Å²) in [6.45, 7) is 3.91. The second-order valence-electron chi connectivity index (χ2n) is 4.49. The van der Waals surface area contributed by atoms with E-state index in [2.05, 4.69) is 5.10 Å². The van der Waals surface area contributed by atoms with Gasteiger partial charge in [0.25, 0.3) is 11.1 Å². The molecule has 0 aliphatic heterocycles. The second kappa shape index (κ2) is 6.89. The maximum absolute atomic E-state index is 12.1. The van der Waals surface area contributed by atoms with Gasteiger partial charge in [-0.25, -0.2) is 4.68 Å². The van der Waals surface area contributed by atoms with Crippen LogP contribution >= 0.6 is 0 Å². The highest BCUT2D eigenvalue weighted by molar-refractivity contribution is 5.76. The Labute approximate surface area is 110 Å². The normalized spacial score (nSPS) is 10.7. The molecule has 1 aromatic heterocycles. The molecule has 0 aliphatic carbocycles. The van der Waals surface area contributed by atoms with Gasteiger partial charge in [0.05, 0.1) is 0 Å². The van der Waals surface area contributed by atoms with Crippen molar-refractivity contribution in [2.75, 3.05) is 13.2 Å². The SMILES string of the molecule is CC(C)N(CCCO)C(=O)Cn1[nH]c(=O)ccc1=O. The molecule has 1 heterocycles. The third kappa shape index (κ3) is 4.36. The fraction of sp³-hybridized carbons (Fsp3) is 0.583. The van der Waals surface area contributed by atoms with Crippen molar-refractivity contribution in [2.45, 2.75) is 32.9 Å². The summed E-state index contributed by atoms with van der Waals surface area (Å²) in [6, 6.07) is 2.21. The molecule has 1 aromatic rings. The third-order valence-electron chi connectivity index (χ3n) is 2.68. The van der Waals surface area contributed by atoms with Crippen molar-refractivity contribution in [3.8, 4) is 0 Å². The van der Waals surface area contributed by atoms with Gasteiger partial charge in [-0.15, -0.1) is 0 Å². The molecule has 0 saturated carbocycles. The predicted molar refractivity (Wildman–Crippen MR) is 69.9 cm³/mol. The highest BCUT2D eigenvalue weighted by atomic mass is 16.3. The van der Waals surface area contributed by atoms with Crippen LogP contribution in [0.25, 0.3) is 0 Å². The Hall–Kier alpha value is -1.89. The van der Waals surface area contributed by atoms with E-state index >= 15 is 0 Å². The molecule has 1 amide bonds. The molecule has 19 heavy (non-hydrogen) atoms. The van der Waals surface area contributed by atoms with Crippen LogP contribution in [0.15, 0.2) is 21.7 Å². The van der Waals surface area contributed by atoms with E-state index in [0.717, 1.165) is 16.8 Å². The largest absolute Gasteiger partial charge is 0.396 e. The summed E-state index contributed by atoms with van der Waals surface area (Å²) in [6.07, 6.45) is 0.476. The average Bonchev–Trinajstić information content (AvgIpc) is 2.34. The molecule has 7 heteroatoms. The number of carbonyl (C=O) groups is 1. The maximum atomic E-state index is 12.1. The fourth-order valence-corrected chi connectivity index (χ4v) is 1.72. The molecule has 1 rings (SSSR count). The van der Waals surface area contributed by atoms with Gasteiger partial charge >= 0.3 is 0 Å². The fourth-order valence-electron chi connectivity index (χ4n) is 1.72. The maximum Gasteiger partial charge on any atom is 0.265 e. The number of aliphatic hydroxyl groups is 1. The van der Waals surface area contributed by atoms with Crippen molar-refractivity contribution in [1.29, 1.82) is 0 Å². The zero-order valence-electron chi connectivity index (χ0n) is 11.1. The van der Waals surface area contributed by atoms with E-state index in [1.165, 1.54) is 0 Å². The molecule has 106 valence electrons. The first-order valence-corrected chi connectivity index (χ1v) is 6.16. The van der Waals surface area contributed by atoms with Crippen molar-refractivity contribution in [3.63, 3.8) is 0 Å². The molecule has 0 saturated heterocycles. The first-order valence-electron chi connectivity index (χ1n) is 6.16. The van der Waals surface area contributed by atoms with Gasteiger partial charge in [-0.2, -0.15) is 0 Å². The number of nitrogens with one attached hydrogen (secondary N) is 1. The van der Waals surface area contributed by atoms with Crippen LogP contribution < -0.4 is 11.1 Å². The number of carbonyl (C=O) groups excluding carboxylic acids is 1. The first kappa shape index (κ1) is 15.2. The van der Waals surface area contributed by atoms with Crippen molar-refractivity contribution in [3.05, 3.63) is 32.8 Å². The quantitative estimate of drug-likeness (QED) is 0.703. The van der Waals surface area contributed by atoms with Gasteiger partial charge in [0.1, 0.15) is 6.54 Å². The molecule has 0 radical (unpaired) electrons. The minimum absolute atomic E-state index is 0.00137. The topological polar surface area (TPSA) is 95.4 Å². The lowest BCUT2D eigenvalue weighted by molar-refractivity contribution is -0.134. The summed E-state index contributed by atoms with van der Waals surface area (Å²) >= 11 is 0. The molecular formula is C12H19N3O4. The standard InChI is InChI=1S/C12H19N3O4/c1-9(2)14(6-3-7-16)12(19)8-15-11(18)5-4-10(17)13-15/h4-5,9,16H,3,6-8H2,1-2H3,(H,13,17). The Bertz CT molecular complexity index is 532. The molecule has 0 aliphatic rings. The van der Waals surface area contributed by atoms with E-state index in [4.69, 9.17) is 5.11 Å². The summed E-state index contributed by atoms with van der Waals surface area (Å²) in [4.78, 5) is 36.3. The van der Waals surface area contributed by atoms with Crippen LogP contribution in [0.3, 0.4) is 0 Å². The number of hydrogen-bond donors (Lipinski definition) is 2. The first-order chi connectivity index (χ1) is 8.95. The lowest BCUT2D eigenvalue weighted by Crippen LogP contribution is -2.42. The minimum Gasteiger partial charge on any atom is -0.396 e. The zero-order valence-corrected chi connectivity index (χ0v) is 11.1. The van der Waals surface area contributed by atoms with Crippen molar-refractivity contribution in [1.82, 2.24) is 14.7 Å². The van der Waals surface area contributed by atoms with Crippen LogP contribution in [0, 0.1) is 0 Å². The van der Waals surface area contributed by atoms with Crippen LogP contribution in [-0.4, -0.2) is 44.9 Å². The molecular weight excluding hydrogens is 250 g/mol. The molecule has 0 fully saturated rings. The summed E-state index contributed by atoms with van der Waals surface area (Å²) in [5.41, 5.74) is -0.863. The van der Waals surface area contributed by atoms with E-state index in [0.29, 0.717) is 13.0 Å². The number of aliphatic hydroxyl groups excluding tert-OH is 1. The molecule has 0 bridgehead atoms. The average molecular weight is 269 g/mol. The molecule has 0 aromatic carbocycles. The number of nitrogens with zero attached hydrogens (tertiary/aromatic N) is 2. The number of rotatable bonds is 6. The minimum atomic E-state index is -0.432. The van der Waals surface area contributed by atoms with Crippen molar-refractivity contribution < 1.29 is 9.90 Å². The highest BCUT2D eigenvalue weighted by Crippen LogP contribution is 2.01. The van der Waals surface area contributed by atoms with Crippen LogP contribution in [0.2, 0.25) is 0 Å². The van der Waals surface area contributed by atoms with Crippen molar-refractivity contribution in [2.24, 2.45) is 0 Å². The van der Waals surface area contributed by atoms with E-state index in [1.807, 2.05) is 13.8 Å². The van der Waals surface area contributed by atoms with E-state index in [9.17, 15) is 14.4 Å². The summed E-state index contributed by atoms with van der Waals surface area (Å²) < 4.78 is 0.985. The molecule has 0 unspecified atom stereocenters. The van der Waals surface area contributed by atoms with Crippen LogP contribution in [0.1, 0.15) is 20.3 Å². The van der Waals surface area contributed by atoms with E-state index < -0.39 is 11.1 Å². The van der Waals surface area contributed by atoms with Gasteiger partial charge < -0.3 is 10.0 Å². The van der Waals surface area contributed by atoms with Gasteiger partial charge in [-0.1, -0.05) is 0 Å². The summed E-state index contributed by atoms with van der Waals surface area (Å²) in [5.74, 6) is -0.271. The highest BCUT2D eigenvalue weighted by Gasteiger charge is 2.17. The summed E-state index contributed by atoms with van der Waals surface area (Å²) in [5, 5.41) is 11.1. The lowest BCUT2D eigenvalue weighted by atomic mass is 10.2. The number of aromatic nitrogens is 2.